The van der Waals surface area contributed by atoms with Crippen molar-refractivity contribution >= 4 is 5.97 Å². The van der Waals surface area contributed by atoms with Crippen LogP contribution in [0.25, 0.3) is 0 Å². The van der Waals surface area contributed by atoms with Gasteiger partial charge in [0.15, 0.2) is 6.79 Å². The minimum atomic E-state index is -1.01. The zero-order valence-electron chi connectivity index (χ0n) is 10.4. The summed E-state index contributed by atoms with van der Waals surface area (Å²) in [4.78, 5) is 11.7. The Balaban J connectivity index is 2.18. The van der Waals surface area contributed by atoms with Gasteiger partial charge in [-0.15, -0.1) is 0 Å². The van der Waals surface area contributed by atoms with Crippen molar-refractivity contribution in [3.8, 4) is 5.75 Å². The number of aliphatic carboxylic acids is 1. The predicted octanol–water partition coefficient (Wildman–Crippen LogP) is 2.59. The molecule has 0 atom stereocenters. The number of hydrogen-bond donors (Lipinski definition) is 1. The number of carbonyl (C=O) groups is 1. The van der Waals surface area contributed by atoms with Gasteiger partial charge in [-0.05, 0) is 25.0 Å². The lowest BCUT2D eigenvalue weighted by Gasteiger charge is -2.29. The highest BCUT2D eigenvalue weighted by atomic mass is 19.1. The largest absolute Gasteiger partial charge is 0.481 e. The fourth-order valence-corrected chi connectivity index (χ4v) is 3.11. The quantitative estimate of drug-likeness (QED) is 0.894. The van der Waals surface area contributed by atoms with Gasteiger partial charge in [-0.2, -0.15) is 0 Å². The number of benzene rings is 1. The van der Waals surface area contributed by atoms with Gasteiger partial charge in [0.1, 0.15) is 11.6 Å². The third kappa shape index (κ3) is 1.89. The molecule has 4 nitrogen and oxygen atoms in total. The molecule has 1 aliphatic carbocycles. The number of ether oxygens (including phenoxy) is 2. The van der Waals surface area contributed by atoms with Crippen molar-refractivity contribution in [3.05, 3.63) is 29.1 Å². The summed E-state index contributed by atoms with van der Waals surface area (Å²) < 4.78 is 24.3. The SMILES string of the molecule is O=C(O)C1(c2cc(F)cc3c2OCOC3)CCCC1. The molecule has 1 saturated carbocycles. The summed E-state index contributed by atoms with van der Waals surface area (Å²) >= 11 is 0. The Morgan fingerprint density at radius 2 is 2.05 bits per heavy atom. The summed E-state index contributed by atoms with van der Waals surface area (Å²) in [6, 6.07) is 2.66. The molecule has 2 aliphatic rings. The van der Waals surface area contributed by atoms with Crippen LogP contribution in [0.5, 0.6) is 5.75 Å². The number of rotatable bonds is 2. The van der Waals surface area contributed by atoms with E-state index in [4.69, 9.17) is 9.47 Å². The summed E-state index contributed by atoms with van der Waals surface area (Å²) in [7, 11) is 0. The number of carboxylic acids is 1. The van der Waals surface area contributed by atoms with Crippen molar-refractivity contribution in [1.29, 1.82) is 0 Å². The summed E-state index contributed by atoms with van der Waals surface area (Å²) in [6.07, 6.45) is 2.74. The Morgan fingerprint density at radius 3 is 2.74 bits per heavy atom. The fourth-order valence-electron chi connectivity index (χ4n) is 3.11. The van der Waals surface area contributed by atoms with E-state index in [1.165, 1.54) is 12.1 Å². The van der Waals surface area contributed by atoms with Gasteiger partial charge in [0.2, 0.25) is 0 Å². The molecule has 0 aromatic heterocycles. The van der Waals surface area contributed by atoms with Crippen molar-refractivity contribution in [2.45, 2.75) is 37.7 Å². The molecule has 1 N–H and O–H groups in total. The van der Waals surface area contributed by atoms with E-state index in [0.717, 1.165) is 12.8 Å². The topological polar surface area (TPSA) is 55.8 Å². The van der Waals surface area contributed by atoms with Crippen LogP contribution in [0, 0.1) is 5.82 Å². The number of hydrogen-bond acceptors (Lipinski definition) is 3. The van der Waals surface area contributed by atoms with E-state index in [0.29, 0.717) is 29.7 Å². The molecule has 102 valence electrons. The van der Waals surface area contributed by atoms with Crippen molar-refractivity contribution in [2.24, 2.45) is 0 Å². The van der Waals surface area contributed by atoms with Crippen LogP contribution >= 0.6 is 0 Å². The lowest BCUT2D eigenvalue weighted by Crippen LogP contribution is -2.34. The van der Waals surface area contributed by atoms with Gasteiger partial charge in [0.05, 0.1) is 12.0 Å². The van der Waals surface area contributed by atoms with E-state index in [1.54, 1.807) is 0 Å². The maximum Gasteiger partial charge on any atom is 0.314 e. The molecule has 0 bridgehead atoms. The highest BCUT2D eigenvalue weighted by molar-refractivity contribution is 5.83. The summed E-state index contributed by atoms with van der Waals surface area (Å²) in [6.45, 7) is 0.344. The second-order valence-corrected chi connectivity index (χ2v) is 5.15. The lowest BCUT2D eigenvalue weighted by atomic mass is 9.77. The van der Waals surface area contributed by atoms with Crippen LogP contribution in [-0.4, -0.2) is 17.9 Å². The van der Waals surface area contributed by atoms with Crippen LogP contribution in [0.1, 0.15) is 36.8 Å². The minimum Gasteiger partial charge on any atom is -0.481 e. The summed E-state index contributed by atoms with van der Waals surface area (Å²) in [5.41, 5.74) is 0.0494. The molecule has 0 saturated heterocycles. The highest BCUT2D eigenvalue weighted by Crippen LogP contribution is 2.47. The van der Waals surface area contributed by atoms with Crippen LogP contribution in [-0.2, 0) is 21.6 Å². The Hall–Kier alpha value is -1.62. The Bertz CT molecular complexity index is 520. The van der Waals surface area contributed by atoms with Gasteiger partial charge >= 0.3 is 5.97 Å². The zero-order valence-corrected chi connectivity index (χ0v) is 10.4. The van der Waals surface area contributed by atoms with Gasteiger partial charge in [0.25, 0.3) is 0 Å². The van der Waals surface area contributed by atoms with Gasteiger partial charge in [-0.3, -0.25) is 4.79 Å². The number of halogens is 1. The highest BCUT2D eigenvalue weighted by Gasteiger charge is 2.45. The second-order valence-electron chi connectivity index (χ2n) is 5.15. The molecule has 0 spiro atoms. The molecule has 5 heteroatoms. The minimum absolute atomic E-state index is 0.0847. The molecule has 3 rings (SSSR count). The Labute approximate surface area is 110 Å². The van der Waals surface area contributed by atoms with Gasteiger partial charge in [-0.1, -0.05) is 12.8 Å². The third-order valence-electron chi connectivity index (χ3n) is 4.06. The van der Waals surface area contributed by atoms with Crippen LogP contribution < -0.4 is 4.74 Å². The fraction of sp³-hybridized carbons (Fsp3) is 0.500. The number of fused-ring (bicyclic) bond motifs is 1. The van der Waals surface area contributed by atoms with E-state index in [1.807, 2.05) is 0 Å². The molecule has 1 aliphatic heterocycles. The first kappa shape index (κ1) is 12.4. The van der Waals surface area contributed by atoms with Gasteiger partial charge < -0.3 is 14.6 Å². The summed E-state index contributed by atoms with van der Waals surface area (Å²) in [5, 5.41) is 9.60. The second kappa shape index (κ2) is 4.49. The normalized spacial score (nSPS) is 20.7. The molecule has 1 fully saturated rings. The standard InChI is InChI=1S/C14H15FO4/c15-10-5-9-7-18-8-19-12(9)11(6-10)14(13(16)17)3-1-2-4-14/h5-6H,1-4,7-8H2,(H,16,17). The molecule has 19 heavy (non-hydrogen) atoms. The first-order valence-corrected chi connectivity index (χ1v) is 6.40. The van der Waals surface area contributed by atoms with Crippen LogP contribution in [0.15, 0.2) is 12.1 Å². The van der Waals surface area contributed by atoms with Crippen molar-refractivity contribution in [1.82, 2.24) is 0 Å². The van der Waals surface area contributed by atoms with Crippen molar-refractivity contribution in [3.63, 3.8) is 0 Å². The summed E-state index contributed by atoms with van der Waals surface area (Å²) in [5.74, 6) is -0.833. The van der Waals surface area contributed by atoms with Crippen LogP contribution in [0.4, 0.5) is 4.39 Å². The van der Waals surface area contributed by atoms with E-state index in [9.17, 15) is 14.3 Å². The first-order valence-electron chi connectivity index (χ1n) is 6.40. The Kier molecular flexibility index (Phi) is 2.93. The van der Waals surface area contributed by atoms with Crippen molar-refractivity contribution in [2.75, 3.05) is 6.79 Å². The molecular weight excluding hydrogens is 251 g/mol. The van der Waals surface area contributed by atoms with E-state index < -0.39 is 17.2 Å². The predicted molar refractivity (Wildman–Crippen MR) is 64.5 cm³/mol. The van der Waals surface area contributed by atoms with E-state index in [-0.39, 0.29) is 13.4 Å². The molecule has 0 amide bonds. The molecule has 1 aromatic rings. The van der Waals surface area contributed by atoms with Gasteiger partial charge in [-0.25, -0.2) is 4.39 Å². The van der Waals surface area contributed by atoms with Crippen LogP contribution in [0.3, 0.4) is 0 Å². The maximum absolute atomic E-state index is 13.7. The van der Waals surface area contributed by atoms with Crippen LogP contribution in [0.2, 0.25) is 0 Å². The molecule has 1 aromatic carbocycles. The molecule has 0 unspecified atom stereocenters. The average molecular weight is 266 g/mol. The smallest absolute Gasteiger partial charge is 0.314 e. The average Bonchev–Trinajstić information content (AvgIpc) is 2.88. The molecule has 1 heterocycles. The maximum atomic E-state index is 13.7. The monoisotopic (exact) mass is 266 g/mol. The van der Waals surface area contributed by atoms with Gasteiger partial charge in [0, 0.05) is 11.1 Å². The lowest BCUT2D eigenvalue weighted by molar-refractivity contribution is -0.143. The van der Waals surface area contributed by atoms with Crippen molar-refractivity contribution < 1.29 is 23.8 Å². The zero-order chi connectivity index (χ0) is 13.5. The third-order valence-corrected chi connectivity index (χ3v) is 4.06. The molecule has 0 radical (unpaired) electrons. The first-order chi connectivity index (χ1) is 9.13. The van der Waals surface area contributed by atoms with E-state index >= 15 is 0 Å². The molecular formula is C14H15FO4. The Morgan fingerprint density at radius 1 is 1.32 bits per heavy atom. The van der Waals surface area contributed by atoms with E-state index in [2.05, 4.69) is 0 Å². The number of carboxylic acid groups (broad SMARTS) is 1.